The molecular weight excluding hydrogens is 415 g/mol. The zero-order valence-electron chi connectivity index (χ0n) is 13.6. The molecule has 0 saturated heterocycles. The first-order valence-electron chi connectivity index (χ1n) is 7.43. The first-order valence-corrected chi connectivity index (χ1v) is 12.6. The molecule has 128 valence electrons. The molecule has 1 atom stereocenters. The highest BCUT2D eigenvalue weighted by atomic mass is 127. The number of rotatable bonds is 11. The summed E-state index contributed by atoms with van der Waals surface area (Å²) < 4.78 is 16.4. The van der Waals surface area contributed by atoms with E-state index in [1.165, 1.54) is 5.75 Å². The second kappa shape index (κ2) is 10.6. The summed E-state index contributed by atoms with van der Waals surface area (Å²) in [6.45, 7) is 3.77. The van der Waals surface area contributed by atoms with E-state index >= 15 is 0 Å². The Bertz CT molecular complexity index is 406. The van der Waals surface area contributed by atoms with Crippen LogP contribution in [0.4, 0.5) is 0 Å². The second-order valence-corrected chi connectivity index (χ2v) is 15.8. The highest BCUT2D eigenvalue weighted by Crippen LogP contribution is 2.49. The van der Waals surface area contributed by atoms with Crippen molar-refractivity contribution in [3.63, 3.8) is 0 Å². The zero-order chi connectivity index (χ0) is 16.4. The fourth-order valence-electron chi connectivity index (χ4n) is 1.72. The Kier molecular flexibility index (Phi) is 9.54. The van der Waals surface area contributed by atoms with Crippen LogP contribution < -0.4 is 9.47 Å². The molecule has 1 aromatic carbocycles. The molecule has 0 aliphatic heterocycles. The third-order valence-corrected chi connectivity index (χ3v) is 5.40. The molecule has 0 aromatic heterocycles. The van der Waals surface area contributed by atoms with Crippen LogP contribution in [-0.2, 0) is 4.74 Å². The summed E-state index contributed by atoms with van der Waals surface area (Å²) in [4.78, 5) is 0. The number of aliphatic hydroxyl groups is 1. The summed E-state index contributed by atoms with van der Waals surface area (Å²) >= 11 is 2.54. The lowest BCUT2D eigenvalue weighted by atomic mass is 10.3. The van der Waals surface area contributed by atoms with Crippen LogP contribution in [0.15, 0.2) is 24.3 Å². The van der Waals surface area contributed by atoms with Gasteiger partial charge in [0.2, 0.25) is 0 Å². The van der Waals surface area contributed by atoms with E-state index in [9.17, 15) is 5.11 Å². The third-order valence-electron chi connectivity index (χ3n) is 2.82. The Labute approximate surface area is 147 Å². The van der Waals surface area contributed by atoms with Crippen molar-refractivity contribution in [1.82, 2.24) is 0 Å². The highest BCUT2D eigenvalue weighted by molar-refractivity contribution is 14.2. The van der Waals surface area contributed by atoms with E-state index in [0.717, 1.165) is 24.5 Å². The van der Waals surface area contributed by atoms with Crippen molar-refractivity contribution >= 4 is 28.4 Å². The van der Waals surface area contributed by atoms with Gasteiger partial charge < -0.3 is 19.3 Å². The van der Waals surface area contributed by atoms with Crippen LogP contribution in [0.25, 0.3) is 0 Å². The predicted octanol–water partition coefficient (Wildman–Crippen LogP) is 3.65. The molecule has 6 heteroatoms. The monoisotopic (exact) mass is 442 g/mol. The number of hydrogen-bond donors (Lipinski definition) is 1. The molecule has 0 aliphatic rings. The van der Waals surface area contributed by atoms with Gasteiger partial charge in [-0.15, -0.1) is 0 Å². The van der Waals surface area contributed by atoms with Crippen molar-refractivity contribution in [3.05, 3.63) is 24.3 Å². The third kappa shape index (κ3) is 9.76. The molecule has 1 N–H and O–H groups in total. The first-order chi connectivity index (χ1) is 10.4. The van der Waals surface area contributed by atoms with Crippen molar-refractivity contribution in [2.75, 3.05) is 44.7 Å². The van der Waals surface area contributed by atoms with E-state index < -0.39 is 13.3 Å². The number of aliphatic hydroxyl groups excluding tert-OH is 1. The summed E-state index contributed by atoms with van der Waals surface area (Å²) in [5.74, 6) is 2.79. The van der Waals surface area contributed by atoms with Gasteiger partial charge in [-0.3, -0.25) is 0 Å². The van der Waals surface area contributed by atoms with Crippen LogP contribution in [0.3, 0.4) is 0 Å². The molecular formula is C16H27IO4S. The zero-order valence-corrected chi connectivity index (χ0v) is 16.6. The highest BCUT2D eigenvalue weighted by Gasteiger charge is 2.06. The Hall–Kier alpha value is -0.180. The van der Waals surface area contributed by atoms with E-state index in [4.69, 9.17) is 14.2 Å². The van der Waals surface area contributed by atoms with Gasteiger partial charge in [-0.05, 0) is 77.1 Å². The lowest BCUT2D eigenvalue weighted by Gasteiger charge is -2.22. The summed E-state index contributed by atoms with van der Waals surface area (Å²) in [5.41, 5.74) is 0. The maximum Gasteiger partial charge on any atom is 0.119 e. The van der Waals surface area contributed by atoms with Crippen LogP contribution in [0.5, 0.6) is 11.5 Å². The minimum Gasteiger partial charge on any atom is -0.494 e. The van der Waals surface area contributed by atoms with Crippen molar-refractivity contribution in [2.45, 2.75) is 19.4 Å². The van der Waals surface area contributed by atoms with Crippen LogP contribution in [0, 0.1) is 0 Å². The molecule has 1 rings (SSSR count). The molecule has 0 saturated carbocycles. The van der Waals surface area contributed by atoms with Crippen LogP contribution >= 0.6 is 28.4 Å². The summed E-state index contributed by atoms with van der Waals surface area (Å²) in [7, 11) is -0.472. The fourth-order valence-corrected chi connectivity index (χ4v) is 3.46. The van der Waals surface area contributed by atoms with Crippen LogP contribution in [-0.4, -0.2) is 55.9 Å². The minimum atomic E-state index is -0.602. The van der Waals surface area contributed by atoms with Crippen LogP contribution in [0.1, 0.15) is 13.3 Å². The van der Waals surface area contributed by atoms with Crippen molar-refractivity contribution in [1.29, 1.82) is 0 Å². The fraction of sp³-hybridized carbons (Fsp3) is 0.625. The van der Waals surface area contributed by atoms with E-state index in [0.29, 0.717) is 13.2 Å². The Morgan fingerprint density at radius 1 is 1.09 bits per heavy atom. The molecule has 0 spiro atoms. The number of hydrogen-bond acceptors (Lipinski definition) is 4. The molecule has 4 nitrogen and oxygen atoms in total. The number of halogens is 1. The molecule has 0 radical (unpaired) electrons. The van der Waals surface area contributed by atoms with Crippen molar-refractivity contribution in [2.24, 2.45) is 0 Å². The standard InChI is InChI=1S/C16H27IO4S/c1-4-19-12-14(18)13-21-16-8-6-15(7-9-16)20-10-5-11-22(2,3)17/h6-9,14,18H,4-5,10-13H2,1-3H3. The second-order valence-electron chi connectivity index (χ2n) is 5.41. The normalized spacial score (nSPS) is 13.7. The van der Waals surface area contributed by atoms with Gasteiger partial charge in [-0.2, -0.15) is 7.20 Å². The average molecular weight is 442 g/mol. The van der Waals surface area contributed by atoms with Gasteiger partial charge in [0.15, 0.2) is 0 Å². The molecule has 22 heavy (non-hydrogen) atoms. The van der Waals surface area contributed by atoms with E-state index in [-0.39, 0.29) is 6.61 Å². The lowest BCUT2D eigenvalue weighted by molar-refractivity contribution is 0.0164. The largest absolute Gasteiger partial charge is 0.494 e. The Balaban J connectivity index is 2.25. The maximum atomic E-state index is 9.63. The maximum absolute atomic E-state index is 9.63. The first kappa shape index (κ1) is 19.9. The molecule has 0 bridgehead atoms. The summed E-state index contributed by atoms with van der Waals surface area (Å²) in [5, 5.41) is 9.63. The van der Waals surface area contributed by atoms with E-state index in [1.807, 2.05) is 31.2 Å². The van der Waals surface area contributed by atoms with Gasteiger partial charge in [0.1, 0.15) is 24.2 Å². The van der Waals surface area contributed by atoms with Gasteiger partial charge in [-0.1, -0.05) is 0 Å². The topological polar surface area (TPSA) is 47.9 Å². The van der Waals surface area contributed by atoms with Gasteiger partial charge in [0.25, 0.3) is 0 Å². The van der Waals surface area contributed by atoms with Gasteiger partial charge in [0.05, 0.1) is 13.2 Å². The van der Waals surface area contributed by atoms with Gasteiger partial charge in [-0.25, -0.2) is 0 Å². The van der Waals surface area contributed by atoms with E-state index in [2.05, 4.69) is 33.7 Å². The SMILES string of the molecule is CCOCC(O)COc1ccc(OCCCS(C)(C)I)cc1. The van der Waals surface area contributed by atoms with Crippen LogP contribution in [0.2, 0.25) is 0 Å². The summed E-state index contributed by atoms with van der Waals surface area (Å²) in [6, 6.07) is 7.51. The van der Waals surface area contributed by atoms with E-state index in [1.54, 1.807) is 0 Å². The molecule has 0 fully saturated rings. The van der Waals surface area contributed by atoms with Gasteiger partial charge >= 0.3 is 0 Å². The minimum absolute atomic E-state index is 0.230. The quantitative estimate of drug-likeness (QED) is 0.420. The predicted molar refractivity (Wildman–Crippen MR) is 103 cm³/mol. The molecule has 0 aliphatic carbocycles. The number of ether oxygens (including phenoxy) is 3. The van der Waals surface area contributed by atoms with Crippen molar-refractivity contribution in [3.8, 4) is 11.5 Å². The lowest BCUT2D eigenvalue weighted by Crippen LogP contribution is -2.23. The summed E-state index contributed by atoms with van der Waals surface area (Å²) in [6.07, 6.45) is 5.09. The molecule has 1 unspecified atom stereocenters. The molecule has 1 aromatic rings. The molecule has 0 heterocycles. The number of benzene rings is 1. The smallest absolute Gasteiger partial charge is 0.119 e. The molecule has 0 amide bonds. The van der Waals surface area contributed by atoms with Crippen molar-refractivity contribution < 1.29 is 19.3 Å². The Morgan fingerprint density at radius 2 is 1.68 bits per heavy atom. The average Bonchev–Trinajstić information content (AvgIpc) is 2.47. The van der Waals surface area contributed by atoms with Gasteiger partial charge in [0, 0.05) is 6.61 Å². The Morgan fingerprint density at radius 3 is 2.23 bits per heavy atom.